The van der Waals surface area contributed by atoms with Gasteiger partial charge in [-0.2, -0.15) is 0 Å². The van der Waals surface area contributed by atoms with Crippen LogP contribution in [0.5, 0.6) is 0 Å². The van der Waals surface area contributed by atoms with Crippen molar-refractivity contribution in [2.45, 2.75) is 12.3 Å². The number of rotatable bonds is 5. The molecule has 0 spiro atoms. The van der Waals surface area contributed by atoms with Gasteiger partial charge in [-0.1, -0.05) is 66.7 Å². The summed E-state index contributed by atoms with van der Waals surface area (Å²) in [4.78, 5) is 12.5. The lowest BCUT2D eigenvalue weighted by Gasteiger charge is -2.14. The summed E-state index contributed by atoms with van der Waals surface area (Å²) < 4.78 is 0. The highest BCUT2D eigenvalue weighted by Gasteiger charge is 2.20. The largest absolute Gasteiger partial charge is 0.293 e. The number of Topliss-reactive ketones (excluding diaryl/α,β-unsaturated/α-hetero) is 1. The van der Waals surface area contributed by atoms with Crippen molar-refractivity contribution in [1.82, 2.24) is 0 Å². The third-order valence-corrected chi connectivity index (χ3v) is 2.98. The number of carbonyl (C=O) groups excluding carboxylic acids is 1. The summed E-state index contributed by atoms with van der Waals surface area (Å²) in [6.07, 6.45) is 2.47. The van der Waals surface area contributed by atoms with Gasteiger partial charge in [0.1, 0.15) is 0 Å². The standard InChI is InChI=1S/C17H16O/c1-2-9-16(14-10-5-3-6-11-14)17(18)15-12-7-4-8-13-15/h2-8,10-13,16H,1,9H2. The van der Waals surface area contributed by atoms with Crippen LogP contribution in [-0.4, -0.2) is 5.78 Å². The van der Waals surface area contributed by atoms with Gasteiger partial charge in [-0.25, -0.2) is 0 Å². The zero-order valence-electron chi connectivity index (χ0n) is 10.3. The van der Waals surface area contributed by atoms with E-state index in [0.717, 1.165) is 11.1 Å². The minimum atomic E-state index is -0.133. The van der Waals surface area contributed by atoms with Crippen molar-refractivity contribution < 1.29 is 4.79 Å². The number of ketones is 1. The smallest absolute Gasteiger partial charge is 0.170 e. The lowest BCUT2D eigenvalue weighted by molar-refractivity contribution is 0.0960. The lowest BCUT2D eigenvalue weighted by Crippen LogP contribution is -2.12. The minimum absolute atomic E-state index is 0.133. The van der Waals surface area contributed by atoms with Crippen molar-refractivity contribution in [3.8, 4) is 0 Å². The molecule has 0 radical (unpaired) electrons. The van der Waals surface area contributed by atoms with Gasteiger partial charge in [0.05, 0.1) is 5.92 Å². The topological polar surface area (TPSA) is 17.1 Å². The van der Waals surface area contributed by atoms with E-state index in [0.29, 0.717) is 6.42 Å². The van der Waals surface area contributed by atoms with Crippen LogP contribution >= 0.6 is 0 Å². The maximum Gasteiger partial charge on any atom is 0.170 e. The Morgan fingerprint density at radius 3 is 2.11 bits per heavy atom. The van der Waals surface area contributed by atoms with Crippen molar-refractivity contribution in [2.24, 2.45) is 0 Å². The van der Waals surface area contributed by atoms with E-state index in [1.807, 2.05) is 60.7 Å². The summed E-state index contributed by atoms with van der Waals surface area (Å²) in [5, 5.41) is 0. The van der Waals surface area contributed by atoms with Gasteiger partial charge in [-0.05, 0) is 12.0 Å². The van der Waals surface area contributed by atoms with E-state index in [2.05, 4.69) is 6.58 Å². The van der Waals surface area contributed by atoms with Gasteiger partial charge in [0.25, 0.3) is 0 Å². The second kappa shape index (κ2) is 5.97. The molecule has 18 heavy (non-hydrogen) atoms. The van der Waals surface area contributed by atoms with Crippen LogP contribution in [0.25, 0.3) is 0 Å². The Morgan fingerprint density at radius 1 is 1.00 bits per heavy atom. The van der Waals surface area contributed by atoms with Crippen LogP contribution < -0.4 is 0 Å². The molecule has 1 atom stereocenters. The van der Waals surface area contributed by atoms with Gasteiger partial charge < -0.3 is 0 Å². The fourth-order valence-electron chi connectivity index (χ4n) is 2.05. The predicted molar refractivity (Wildman–Crippen MR) is 74.8 cm³/mol. The highest BCUT2D eigenvalue weighted by Crippen LogP contribution is 2.24. The van der Waals surface area contributed by atoms with Crippen LogP contribution in [-0.2, 0) is 0 Å². The van der Waals surface area contributed by atoms with Gasteiger partial charge >= 0.3 is 0 Å². The maximum absolute atomic E-state index is 12.5. The zero-order chi connectivity index (χ0) is 12.8. The Bertz CT molecular complexity index is 514. The van der Waals surface area contributed by atoms with Gasteiger partial charge in [0.2, 0.25) is 0 Å². The first kappa shape index (κ1) is 12.3. The molecule has 2 aromatic rings. The van der Waals surface area contributed by atoms with Crippen molar-refractivity contribution >= 4 is 5.78 Å². The third-order valence-electron chi connectivity index (χ3n) is 2.98. The summed E-state index contributed by atoms with van der Waals surface area (Å²) in [5.41, 5.74) is 1.81. The van der Waals surface area contributed by atoms with E-state index in [1.165, 1.54) is 0 Å². The molecule has 1 nitrogen and oxygen atoms in total. The van der Waals surface area contributed by atoms with Crippen molar-refractivity contribution in [1.29, 1.82) is 0 Å². The molecule has 0 heterocycles. The van der Waals surface area contributed by atoms with Crippen LogP contribution in [0.1, 0.15) is 28.3 Å². The summed E-state index contributed by atoms with van der Waals surface area (Å²) in [6, 6.07) is 19.3. The average Bonchev–Trinajstić information content (AvgIpc) is 2.46. The van der Waals surface area contributed by atoms with E-state index in [-0.39, 0.29) is 11.7 Å². The number of allylic oxidation sites excluding steroid dienone is 1. The molecule has 1 unspecified atom stereocenters. The molecule has 2 aromatic carbocycles. The molecule has 0 saturated heterocycles. The molecule has 0 amide bonds. The Morgan fingerprint density at radius 2 is 1.56 bits per heavy atom. The number of hydrogen-bond acceptors (Lipinski definition) is 1. The molecule has 0 aliphatic rings. The van der Waals surface area contributed by atoms with E-state index in [9.17, 15) is 4.79 Å². The van der Waals surface area contributed by atoms with E-state index >= 15 is 0 Å². The third kappa shape index (κ3) is 2.75. The van der Waals surface area contributed by atoms with Crippen LogP contribution in [0, 0.1) is 0 Å². The second-order valence-electron chi connectivity index (χ2n) is 4.22. The summed E-state index contributed by atoms with van der Waals surface area (Å²) in [7, 11) is 0. The molecule has 0 aromatic heterocycles. The molecular formula is C17H16O. The highest BCUT2D eigenvalue weighted by atomic mass is 16.1. The first-order chi connectivity index (χ1) is 8.83. The summed E-state index contributed by atoms with van der Waals surface area (Å²) >= 11 is 0. The monoisotopic (exact) mass is 236 g/mol. The molecular weight excluding hydrogens is 220 g/mol. The molecule has 0 N–H and O–H groups in total. The summed E-state index contributed by atoms with van der Waals surface area (Å²) in [6.45, 7) is 3.75. The average molecular weight is 236 g/mol. The quantitative estimate of drug-likeness (QED) is 0.561. The van der Waals surface area contributed by atoms with Gasteiger partial charge in [0, 0.05) is 5.56 Å². The Labute approximate surface area is 108 Å². The highest BCUT2D eigenvalue weighted by molar-refractivity contribution is 6.01. The normalized spacial score (nSPS) is 11.8. The molecule has 90 valence electrons. The minimum Gasteiger partial charge on any atom is -0.293 e. The SMILES string of the molecule is C=CCC(C(=O)c1ccccc1)c1ccccc1. The molecule has 0 fully saturated rings. The van der Waals surface area contributed by atoms with Crippen LogP contribution in [0.3, 0.4) is 0 Å². The van der Waals surface area contributed by atoms with Crippen molar-refractivity contribution in [3.05, 3.63) is 84.4 Å². The molecule has 0 bridgehead atoms. The van der Waals surface area contributed by atoms with Gasteiger partial charge in [-0.15, -0.1) is 6.58 Å². The fraction of sp³-hybridized carbons (Fsp3) is 0.118. The first-order valence-electron chi connectivity index (χ1n) is 6.08. The Hall–Kier alpha value is -2.15. The Kier molecular flexibility index (Phi) is 4.08. The van der Waals surface area contributed by atoms with Crippen LogP contribution in [0.15, 0.2) is 73.3 Å². The van der Waals surface area contributed by atoms with Crippen molar-refractivity contribution in [3.63, 3.8) is 0 Å². The van der Waals surface area contributed by atoms with Crippen molar-refractivity contribution in [2.75, 3.05) is 0 Å². The molecule has 2 rings (SSSR count). The first-order valence-corrected chi connectivity index (χ1v) is 6.08. The predicted octanol–water partition coefficient (Wildman–Crippen LogP) is 4.23. The summed E-state index contributed by atoms with van der Waals surface area (Å²) in [5.74, 6) is 0.0211. The Balaban J connectivity index is 2.32. The van der Waals surface area contributed by atoms with Gasteiger partial charge in [-0.3, -0.25) is 4.79 Å². The van der Waals surface area contributed by atoms with E-state index < -0.39 is 0 Å². The van der Waals surface area contributed by atoms with Crippen LogP contribution in [0.4, 0.5) is 0 Å². The van der Waals surface area contributed by atoms with E-state index in [4.69, 9.17) is 0 Å². The van der Waals surface area contributed by atoms with Gasteiger partial charge in [0.15, 0.2) is 5.78 Å². The number of benzene rings is 2. The molecule has 1 heteroatoms. The maximum atomic E-state index is 12.5. The molecule has 0 aliphatic heterocycles. The molecule has 0 saturated carbocycles. The van der Waals surface area contributed by atoms with Crippen LogP contribution in [0.2, 0.25) is 0 Å². The fourth-order valence-corrected chi connectivity index (χ4v) is 2.05. The second-order valence-corrected chi connectivity index (χ2v) is 4.22. The molecule has 0 aliphatic carbocycles. The number of hydrogen-bond donors (Lipinski definition) is 0. The number of carbonyl (C=O) groups is 1. The van der Waals surface area contributed by atoms with E-state index in [1.54, 1.807) is 6.08 Å². The lowest BCUT2D eigenvalue weighted by atomic mass is 9.88. The zero-order valence-corrected chi connectivity index (χ0v) is 10.3.